The first-order chi connectivity index (χ1) is 10.9. The molecule has 120 valence electrons. The Hall–Kier alpha value is -2.84. The number of alkyl halides is 2. The average molecular weight is 321 g/mol. The lowest BCUT2D eigenvalue weighted by Crippen LogP contribution is -2.41. The van der Waals surface area contributed by atoms with Crippen molar-refractivity contribution >= 4 is 11.4 Å². The van der Waals surface area contributed by atoms with Crippen LogP contribution in [0.4, 0.5) is 8.78 Å². The Morgan fingerprint density at radius 1 is 1.39 bits per heavy atom. The highest BCUT2D eigenvalue weighted by atomic mass is 19.3. The van der Waals surface area contributed by atoms with Crippen molar-refractivity contribution in [3.8, 4) is 0 Å². The van der Waals surface area contributed by atoms with Crippen LogP contribution in [0.15, 0.2) is 35.1 Å². The molecule has 3 heterocycles. The van der Waals surface area contributed by atoms with Gasteiger partial charge >= 0.3 is 0 Å². The predicted molar refractivity (Wildman–Crippen MR) is 74.9 cm³/mol. The number of nitrogens with zero attached hydrogens (tertiary/aromatic N) is 4. The van der Waals surface area contributed by atoms with E-state index in [1.807, 2.05) is 0 Å². The van der Waals surface area contributed by atoms with Gasteiger partial charge in [0.05, 0.1) is 17.3 Å². The van der Waals surface area contributed by atoms with Gasteiger partial charge in [-0.25, -0.2) is 8.78 Å². The van der Waals surface area contributed by atoms with E-state index in [9.17, 15) is 13.6 Å². The third-order valence-corrected chi connectivity index (χ3v) is 3.36. The molecule has 9 heteroatoms. The summed E-state index contributed by atoms with van der Waals surface area (Å²) in [6.45, 7) is 3.28. The van der Waals surface area contributed by atoms with Gasteiger partial charge in [-0.15, -0.1) is 0 Å². The summed E-state index contributed by atoms with van der Waals surface area (Å²) >= 11 is 0. The Morgan fingerprint density at radius 2 is 2.17 bits per heavy atom. The molecule has 3 aromatic rings. The molecule has 0 aliphatic carbocycles. The van der Waals surface area contributed by atoms with Gasteiger partial charge in [0, 0.05) is 12.3 Å². The molecular weight excluding hydrogens is 308 g/mol. The van der Waals surface area contributed by atoms with Crippen LogP contribution in [0.2, 0.25) is 0 Å². The number of fused-ring (bicyclic) bond motifs is 1. The van der Waals surface area contributed by atoms with Crippen LogP contribution in [-0.2, 0) is 5.54 Å². The van der Waals surface area contributed by atoms with Gasteiger partial charge in [0.1, 0.15) is 11.2 Å². The van der Waals surface area contributed by atoms with Crippen molar-refractivity contribution in [2.24, 2.45) is 0 Å². The number of nitrogens with one attached hydrogen (secondary N) is 1. The molecule has 0 aromatic carbocycles. The first-order valence-electron chi connectivity index (χ1n) is 6.75. The monoisotopic (exact) mass is 321 g/mol. The van der Waals surface area contributed by atoms with Crippen LogP contribution in [0.5, 0.6) is 0 Å². The van der Waals surface area contributed by atoms with Crippen molar-refractivity contribution in [3.63, 3.8) is 0 Å². The Kier molecular flexibility index (Phi) is 3.55. The van der Waals surface area contributed by atoms with Gasteiger partial charge in [-0.1, -0.05) is 5.16 Å². The van der Waals surface area contributed by atoms with Crippen LogP contribution in [-0.4, -0.2) is 25.9 Å². The molecule has 23 heavy (non-hydrogen) atoms. The number of aromatic nitrogens is 4. The molecule has 0 bridgehead atoms. The Labute approximate surface area is 129 Å². The molecule has 7 nitrogen and oxygen atoms in total. The van der Waals surface area contributed by atoms with Gasteiger partial charge in [-0.05, 0) is 26.0 Å². The number of halogens is 2. The average Bonchev–Trinajstić information content (AvgIpc) is 3.14. The molecule has 1 amide bonds. The highest BCUT2D eigenvalue weighted by Gasteiger charge is 2.29. The van der Waals surface area contributed by atoms with Crippen molar-refractivity contribution < 1.29 is 18.1 Å². The Morgan fingerprint density at radius 3 is 2.87 bits per heavy atom. The normalized spacial score (nSPS) is 12.0. The summed E-state index contributed by atoms with van der Waals surface area (Å²) < 4.78 is 31.1. The van der Waals surface area contributed by atoms with Gasteiger partial charge < -0.3 is 9.84 Å². The predicted octanol–water partition coefficient (Wildman–Crippen LogP) is 2.32. The van der Waals surface area contributed by atoms with E-state index in [0.717, 1.165) is 6.07 Å². The fourth-order valence-corrected chi connectivity index (χ4v) is 2.11. The van der Waals surface area contributed by atoms with Crippen LogP contribution in [0.3, 0.4) is 0 Å². The van der Waals surface area contributed by atoms with E-state index in [0.29, 0.717) is 11.1 Å². The second-order valence-corrected chi connectivity index (χ2v) is 5.45. The summed E-state index contributed by atoms with van der Waals surface area (Å²) in [7, 11) is 0. The summed E-state index contributed by atoms with van der Waals surface area (Å²) in [5, 5.41) is 14.3. The fourth-order valence-electron chi connectivity index (χ4n) is 2.11. The van der Waals surface area contributed by atoms with Gasteiger partial charge in [0.15, 0.2) is 0 Å². The number of carbonyl (C=O) groups is 1. The van der Waals surface area contributed by atoms with E-state index in [-0.39, 0.29) is 5.69 Å². The van der Waals surface area contributed by atoms with E-state index in [1.165, 1.54) is 10.8 Å². The second kappa shape index (κ2) is 5.41. The van der Waals surface area contributed by atoms with Crippen LogP contribution in [0.1, 0.15) is 42.1 Å². The molecule has 3 rings (SSSR count). The first kappa shape index (κ1) is 15.1. The zero-order chi connectivity index (χ0) is 16.6. The fraction of sp³-hybridized carbons (Fsp3) is 0.286. The van der Waals surface area contributed by atoms with Gasteiger partial charge in [0.2, 0.25) is 5.76 Å². The Bertz CT molecular complexity index is 856. The number of carbonyl (C=O) groups excluding carboxylic acids is 1. The van der Waals surface area contributed by atoms with Crippen molar-refractivity contribution in [3.05, 3.63) is 47.6 Å². The molecule has 0 aliphatic heterocycles. The van der Waals surface area contributed by atoms with Gasteiger partial charge in [-0.2, -0.15) is 14.8 Å². The molecule has 3 aromatic heterocycles. The smallest absolute Gasteiger partial charge is 0.298 e. The lowest BCUT2D eigenvalue weighted by molar-refractivity contribution is 0.0908. The zero-order valence-electron chi connectivity index (χ0n) is 12.3. The summed E-state index contributed by atoms with van der Waals surface area (Å²) in [4.78, 5) is 12.5. The lowest BCUT2D eigenvalue weighted by Gasteiger charge is -2.23. The first-order valence-corrected chi connectivity index (χ1v) is 6.75. The van der Waals surface area contributed by atoms with E-state index in [2.05, 4.69) is 25.2 Å². The molecule has 0 fully saturated rings. The largest absolute Gasteiger partial charge is 0.355 e. The molecule has 0 saturated heterocycles. The maximum absolute atomic E-state index is 12.6. The van der Waals surface area contributed by atoms with E-state index in [1.54, 1.807) is 32.2 Å². The van der Waals surface area contributed by atoms with Crippen molar-refractivity contribution in [2.45, 2.75) is 25.8 Å². The molecule has 0 aliphatic rings. The van der Waals surface area contributed by atoms with Gasteiger partial charge in [0.25, 0.3) is 12.3 Å². The minimum absolute atomic E-state index is 0.204. The highest BCUT2D eigenvalue weighted by molar-refractivity contribution is 6.00. The van der Waals surface area contributed by atoms with Crippen LogP contribution in [0.25, 0.3) is 5.52 Å². The van der Waals surface area contributed by atoms with Crippen molar-refractivity contribution in [1.29, 1.82) is 0 Å². The third-order valence-electron chi connectivity index (χ3n) is 3.36. The zero-order valence-corrected chi connectivity index (χ0v) is 12.3. The molecule has 1 N–H and O–H groups in total. The highest BCUT2D eigenvalue weighted by Crippen LogP contribution is 2.25. The van der Waals surface area contributed by atoms with Gasteiger partial charge in [-0.3, -0.25) is 4.79 Å². The number of amides is 1. The van der Waals surface area contributed by atoms with Crippen molar-refractivity contribution in [1.82, 2.24) is 25.3 Å². The molecule has 0 radical (unpaired) electrons. The molecule has 0 spiro atoms. The van der Waals surface area contributed by atoms with Crippen LogP contribution >= 0.6 is 0 Å². The molecule has 0 unspecified atom stereocenters. The minimum Gasteiger partial charge on any atom is -0.355 e. The Balaban J connectivity index is 1.85. The number of hydrogen-bond acceptors (Lipinski definition) is 5. The number of rotatable bonds is 4. The van der Waals surface area contributed by atoms with E-state index < -0.39 is 23.6 Å². The SMILES string of the molecule is CC(C)(NC(=O)c1cnn2ncccc12)c1cc(C(F)F)on1. The molecule has 0 saturated carbocycles. The third kappa shape index (κ3) is 2.77. The molecular formula is C14H13F2N5O2. The topological polar surface area (TPSA) is 85.3 Å². The minimum atomic E-state index is -2.76. The quantitative estimate of drug-likeness (QED) is 0.797. The standard InChI is InChI=1S/C14H13F2N5O2/c1-14(2,11-6-10(12(15)16)23-20-11)19-13(22)8-7-18-21-9(8)4-3-5-17-21/h3-7,12H,1-2H3,(H,19,22). The summed E-state index contributed by atoms with van der Waals surface area (Å²) in [6.07, 6.45) is 0.182. The lowest BCUT2D eigenvalue weighted by atomic mass is 10.00. The van der Waals surface area contributed by atoms with E-state index in [4.69, 9.17) is 0 Å². The summed E-state index contributed by atoms with van der Waals surface area (Å²) in [5.41, 5.74) is 0.0678. The van der Waals surface area contributed by atoms with Crippen LogP contribution < -0.4 is 5.32 Å². The number of hydrogen-bond donors (Lipinski definition) is 1. The second-order valence-electron chi connectivity index (χ2n) is 5.45. The van der Waals surface area contributed by atoms with Crippen LogP contribution in [0, 0.1) is 0 Å². The van der Waals surface area contributed by atoms with Crippen molar-refractivity contribution in [2.75, 3.05) is 0 Å². The summed E-state index contributed by atoms with van der Waals surface area (Å²) in [6, 6.07) is 4.51. The summed E-state index contributed by atoms with van der Waals surface area (Å²) in [5.74, 6) is -0.956. The maximum Gasteiger partial charge on any atom is 0.298 e. The van der Waals surface area contributed by atoms with E-state index >= 15 is 0 Å². The molecule has 0 atom stereocenters. The maximum atomic E-state index is 12.6.